The van der Waals surface area contributed by atoms with Gasteiger partial charge in [-0.15, -0.1) is 0 Å². The zero-order valence-electron chi connectivity index (χ0n) is 9.94. The largest absolute Gasteiger partial charge is 0.469 e. The molecule has 0 heterocycles. The lowest BCUT2D eigenvalue weighted by molar-refractivity contribution is -0.140. The Morgan fingerprint density at radius 2 is 2.06 bits per heavy atom. The Balaban J connectivity index is 2.52. The van der Waals surface area contributed by atoms with Crippen molar-refractivity contribution in [2.24, 2.45) is 5.92 Å². The number of carbonyl (C=O) groups excluding carboxylic acids is 1. The van der Waals surface area contributed by atoms with Gasteiger partial charge in [-0.25, -0.2) is 8.42 Å². The van der Waals surface area contributed by atoms with Gasteiger partial charge in [-0.2, -0.15) is 0 Å². The molecule has 0 radical (unpaired) electrons. The molecule has 5 heteroatoms. The van der Waals surface area contributed by atoms with Crippen molar-refractivity contribution in [3.05, 3.63) is 0 Å². The van der Waals surface area contributed by atoms with Gasteiger partial charge in [-0.05, 0) is 18.8 Å². The van der Waals surface area contributed by atoms with Gasteiger partial charge in [0.25, 0.3) is 0 Å². The molecule has 2 atom stereocenters. The Kier molecular flexibility index (Phi) is 4.77. The molecule has 0 aromatic carbocycles. The molecule has 0 amide bonds. The standard InChI is InChI=1S/C11H20O4S/c1-9-4-3-5-10(8-9)16(13,14)7-6-11(12)15-2/h9-10H,3-8H2,1-2H3. The highest BCUT2D eigenvalue weighted by atomic mass is 32.2. The maximum absolute atomic E-state index is 11.9. The van der Waals surface area contributed by atoms with Crippen LogP contribution in [0.1, 0.15) is 39.0 Å². The Bertz CT molecular complexity index is 334. The minimum atomic E-state index is -3.12. The van der Waals surface area contributed by atoms with E-state index in [1.54, 1.807) is 0 Å². The third-order valence-corrected chi connectivity index (χ3v) is 5.43. The monoisotopic (exact) mass is 248 g/mol. The Morgan fingerprint density at radius 3 is 2.62 bits per heavy atom. The zero-order chi connectivity index (χ0) is 12.2. The number of carbonyl (C=O) groups is 1. The summed E-state index contributed by atoms with van der Waals surface area (Å²) in [5.74, 6) is -0.0454. The van der Waals surface area contributed by atoms with Gasteiger partial charge in [0, 0.05) is 0 Å². The third kappa shape index (κ3) is 3.77. The molecule has 1 rings (SSSR count). The number of sulfone groups is 1. The smallest absolute Gasteiger partial charge is 0.306 e. The number of hydrogen-bond acceptors (Lipinski definition) is 4. The first-order valence-corrected chi connectivity index (χ1v) is 7.45. The summed E-state index contributed by atoms with van der Waals surface area (Å²) in [6.07, 6.45) is 3.55. The lowest BCUT2D eigenvalue weighted by Gasteiger charge is -2.26. The molecule has 0 aromatic heterocycles. The molecule has 1 aliphatic rings. The first-order chi connectivity index (χ1) is 7.45. The molecule has 4 nitrogen and oxygen atoms in total. The minimum absolute atomic E-state index is 0.0241. The van der Waals surface area contributed by atoms with Crippen molar-refractivity contribution in [1.29, 1.82) is 0 Å². The highest BCUT2D eigenvalue weighted by Crippen LogP contribution is 2.28. The van der Waals surface area contributed by atoms with Gasteiger partial charge in [-0.1, -0.05) is 19.8 Å². The van der Waals surface area contributed by atoms with E-state index in [9.17, 15) is 13.2 Å². The Morgan fingerprint density at radius 1 is 1.38 bits per heavy atom. The molecule has 1 saturated carbocycles. The van der Waals surface area contributed by atoms with Gasteiger partial charge in [0.05, 0.1) is 24.5 Å². The maximum atomic E-state index is 11.9. The predicted molar refractivity (Wildman–Crippen MR) is 61.8 cm³/mol. The normalized spacial score (nSPS) is 26.4. The first-order valence-electron chi connectivity index (χ1n) is 5.74. The first kappa shape index (κ1) is 13.5. The van der Waals surface area contributed by atoms with E-state index in [0.717, 1.165) is 25.7 Å². The molecule has 0 bridgehead atoms. The Labute approximate surface area is 97.3 Å². The van der Waals surface area contributed by atoms with Crippen molar-refractivity contribution >= 4 is 15.8 Å². The van der Waals surface area contributed by atoms with E-state index >= 15 is 0 Å². The van der Waals surface area contributed by atoms with Crippen molar-refractivity contribution < 1.29 is 17.9 Å². The average Bonchev–Trinajstić information content (AvgIpc) is 2.26. The number of esters is 1. The molecule has 0 saturated heterocycles. The lowest BCUT2D eigenvalue weighted by Crippen LogP contribution is -2.30. The van der Waals surface area contributed by atoms with Gasteiger partial charge in [0.2, 0.25) is 0 Å². The summed E-state index contributed by atoms with van der Waals surface area (Å²) in [5.41, 5.74) is 0. The molecule has 0 aromatic rings. The number of hydrogen-bond donors (Lipinski definition) is 0. The van der Waals surface area contributed by atoms with Crippen molar-refractivity contribution in [1.82, 2.24) is 0 Å². The van der Waals surface area contributed by atoms with Gasteiger partial charge in [0.1, 0.15) is 0 Å². The van der Waals surface area contributed by atoms with E-state index in [1.165, 1.54) is 7.11 Å². The molecule has 16 heavy (non-hydrogen) atoms. The number of ether oxygens (including phenoxy) is 1. The molecular formula is C11H20O4S. The number of methoxy groups -OCH3 is 1. The van der Waals surface area contributed by atoms with Crippen molar-refractivity contribution in [2.45, 2.75) is 44.3 Å². The van der Waals surface area contributed by atoms with Gasteiger partial charge >= 0.3 is 5.97 Å². The highest BCUT2D eigenvalue weighted by molar-refractivity contribution is 7.92. The van der Waals surface area contributed by atoms with Crippen LogP contribution in [0.15, 0.2) is 0 Å². The summed E-state index contributed by atoms with van der Waals surface area (Å²) in [7, 11) is -1.85. The molecule has 0 N–H and O–H groups in total. The van der Waals surface area contributed by atoms with Crippen LogP contribution in [0.2, 0.25) is 0 Å². The van der Waals surface area contributed by atoms with E-state index in [1.807, 2.05) is 0 Å². The lowest BCUT2D eigenvalue weighted by atomic mass is 9.91. The van der Waals surface area contributed by atoms with Crippen LogP contribution in [-0.4, -0.2) is 32.5 Å². The highest BCUT2D eigenvalue weighted by Gasteiger charge is 2.30. The Hall–Kier alpha value is -0.580. The topological polar surface area (TPSA) is 60.4 Å². The van der Waals surface area contributed by atoms with Gasteiger partial charge in [0.15, 0.2) is 9.84 Å². The van der Waals surface area contributed by atoms with Gasteiger partial charge in [-0.3, -0.25) is 4.79 Å². The van der Waals surface area contributed by atoms with Crippen LogP contribution in [0.5, 0.6) is 0 Å². The predicted octanol–water partition coefficient (Wildman–Crippen LogP) is 1.54. The average molecular weight is 248 g/mol. The third-order valence-electron chi connectivity index (χ3n) is 3.21. The second-order valence-electron chi connectivity index (χ2n) is 4.59. The summed E-state index contributed by atoms with van der Waals surface area (Å²) >= 11 is 0. The molecule has 2 unspecified atom stereocenters. The molecule has 0 aliphatic heterocycles. The quantitative estimate of drug-likeness (QED) is 0.708. The van der Waals surface area contributed by atoms with Crippen LogP contribution in [0.3, 0.4) is 0 Å². The molecule has 94 valence electrons. The summed E-state index contributed by atoms with van der Waals surface area (Å²) < 4.78 is 28.3. The summed E-state index contributed by atoms with van der Waals surface area (Å²) in [6, 6.07) is 0. The fourth-order valence-corrected chi connectivity index (χ4v) is 4.13. The second-order valence-corrected chi connectivity index (χ2v) is 6.99. The molecule has 0 spiro atoms. The fraction of sp³-hybridized carbons (Fsp3) is 0.909. The second kappa shape index (κ2) is 5.66. The van der Waals surface area contributed by atoms with Crippen LogP contribution in [0, 0.1) is 5.92 Å². The van der Waals surface area contributed by atoms with Crippen molar-refractivity contribution in [3.8, 4) is 0 Å². The van der Waals surface area contributed by atoms with E-state index in [2.05, 4.69) is 11.7 Å². The van der Waals surface area contributed by atoms with Crippen LogP contribution < -0.4 is 0 Å². The maximum Gasteiger partial charge on any atom is 0.306 e. The fourth-order valence-electron chi connectivity index (χ4n) is 2.20. The van der Waals surface area contributed by atoms with E-state index in [0.29, 0.717) is 5.92 Å². The molecule has 1 aliphatic carbocycles. The summed E-state index contributed by atoms with van der Waals surface area (Å²) in [4.78, 5) is 10.9. The van der Waals surface area contributed by atoms with Crippen molar-refractivity contribution in [3.63, 3.8) is 0 Å². The summed E-state index contributed by atoms with van der Waals surface area (Å²) in [5, 5.41) is -0.249. The van der Waals surface area contributed by atoms with Crippen molar-refractivity contribution in [2.75, 3.05) is 12.9 Å². The summed E-state index contributed by atoms with van der Waals surface area (Å²) in [6.45, 7) is 2.09. The SMILES string of the molecule is COC(=O)CCS(=O)(=O)C1CCCC(C)C1. The van der Waals surface area contributed by atoms with E-state index in [4.69, 9.17) is 0 Å². The molecular weight excluding hydrogens is 228 g/mol. The van der Waals surface area contributed by atoms with Crippen LogP contribution in [-0.2, 0) is 19.4 Å². The minimum Gasteiger partial charge on any atom is -0.469 e. The zero-order valence-corrected chi connectivity index (χ0v) is 10.8. The van der Waals surface area contributed by atoms with Crippen LogP contribution in [0.25, 0.3) is 0 Å². The van der Waals surface area contributed by atoms with E-state index in [-0.39, 0.29) is 17.4 Å². The molecule has 1 fully saturated rings. The van der Waals surface area contributed by atoms with Crippen LogP contribution in [0.4, 0.5) is 0 Å². The van der Waals surface area contributed by atoms with E-state index < -0.39 is 15.8 Å². The van der Waals surface area contributed by atoms with Crippen LogP contribution >= 0.6 is 0 Å². The number of rotatable bonds is 4. The van der Waals surface area contributed by atoms with Gasteiger partial charge < -0.3 is 4.74 Å².